The SMILES string of the molecule is CCCN(CC(=O)Nc1ccccc1C)S(=O)(=O)c1ccccc1[N+](=O)[O-]. The highest BCUT2D eigenvalue weighted by Gasteiger charge is 2.32. The highest BCUT2D eigenvalue weighted by Crippen LogP contribution is 2.26. The van der Waals surface area contributed by atoms with E-state index in [2.05, 4.69) is 5.32 Å². The smallest absolute Gasteiger partial charge is 0.289 e. The Balaban J connectivity index is 2.30. The first-order valence-corrected chi connectivity index (χ1v) is 9.80. The number of hydrogen-bond acceptors (Lipinski definition) is 5. The first kappa shape index (κ1) is 20.5. The monoisotopic (exact) mass is 391 g/mol. The van der Waals surface area contributed by atoms with Gasteiger partial charge >= 0.3 is 0 Å². The summed E-state index contributed by atoms with van der Waals surface area (Å²) in [6, 6.07) is 12.2. The lowest BCUT2D eigenvalue weighted by atomic mass is 10.2. The quantitative estimate of drug-likeness (QED) is 0.549. The molecule has 0 atom stereocenters. The van der Waals surface area contributed by atoms with E-state index >= 15 is 0 Å². The maximum atomic E-state index is 12.9. The number of amides is 1. The second-order valence-electron chi connectivity index (χ2n) is 5.93. The summed E-state index contributed by atoms with van der Waals surface area (Å²) >= 11 is 0. The van der Waals surface area contributed by atoms with Gasteiger partial charge in [-0.3, -0.25) is 14.9 Å². The molecule has 2 rings (SSSR count). The summed E-state index contributed by atoms with van der Waals surface area (Å²) in [6.45, 7) is 3.22. The summed E-state index contributed by atoms with van der Waals surface area (Å²) in [5, 5.41) is 13.9. The van der Waals surface area contributed by atoms with Gasteiger partial charge in [0.15, 0.2) is 4.90 Å². The number of benzene rings is 2. The molecule has 8 nitrogen and oxygen atoms in total. The number of nitro groups is 1. The normalized spacial score (nSPS) is 11.4. The molecule has 2 aromatic carbocycles. The molecule has 144 valence electrons. The Kier molecular flexibility index (Phi) is 6.65. The van der Waals surface area contributed by atoms with Gasteiger partial charge in [-0.2, -0.15) is 4.31 Å². The zero-order chi connectivity index (χ0) is 20.0. The van der Waals surface area contributed by atoms with E-state index in [-0.39, 0.29) is 6.54 Å². The Morgan fingerprint density at radius 1 is 1.15 bits per heavy atom. The Bertz CT molecular complexity index is 944. The molecule has 0 saturated heterocycles. The predicted molar refractivity (Wildman–Crippen MR) is 102 cm³/mol. The van der Waals surface area contributed by atoms with Crippen molar-refractivity contribution in [3.05, 3.63) is 64.2 Å². The van der Waals surface area contributed by atoms with Gasteiger partial charge in [0.1, 0.15) is 0 Å². The molecule has 0 spiro atoms. The first-order chi connectivity index (χ1) is 12.8. The van der Waals surface area contributed by atoms with E-state index < -0.39 is 38.0 Å². The lowest BCUT2D eigenvalue weighted by Gasteiger charge is -2.21. The van der Waals surface area contributed by atoms with Crippen molar-refractivity contribution in [2.24, 2.45) is 0 Å². The molecule has 0 aromatic heterocycles. The van der Waals surface area contributed by atoms with Crippen molar-refractivity contribution < 1.29 is 18.1 Å². The molecule has 0 fully saturated rings. The lowest BCUT2D eigenvalue weighted by Crippen LogP contribution is -2.38. The van der Waals surface area contributed by atoms with Crippen LogP contribution < -0.4 is 5.32 Å². The van der Waals surface area contributed by atoms with Crippen molar-refractivity contribution in [1.82, 2.24) is 4.31 Å². The van der Waals surface area contributed by atoms with Gasteiger partial charge in [0, 0.05) is 18.3 Å². The van der Waals surface area contributed by atoms with Crippen LogP contribution in [-0.4, -0.2) is 36.6 Å². The molecule has 1 N–H and O–H groups in total. The van der Waals surface area contributed by atoms with Gasteiger partial charge in [0.2, 0.25) is 15.9 Å². The number of rotatable bonds is 8. The Morgan fingerprint density at radius 2 is 1.78 bits per heavy atom. The van der Waals surface area contributed by atoms with Crippen molar-refractivity contribution in [2.45, 2.75) is 25.2 Å². The number of carbonyl (C=O) groups excluding carboxylic acids is 1. The molecule has 0 unspecified atom stereocenters. The van der Waals surface area contributed by atoms with E-state index in [1.807, 2.05) is 19.1 Å². The number of para-hydroxylation sites is 2. The van der Waals surface area contributed by atoms with Crippen LogP contribution >= 0.6 is 0 Å². The van der Waals surface area contributed by atoms with Crippen LogP contribution in [0.4, 0.5) is 11.4 Å². The molecule has 2 aromatic rings. The highest BCUT2D eigenvalue weighted by atomic mass is 32.2. The summed E-state index contributed by atoms with van der Waals surface area (Å²) in [6.07, 6.45) is 0.456. The predicted octanol–water partition coefficient (Wildman–Crippen LogP) is 2.94. The molecular formula is C18H21N3O5S. The fraction of sp³-hybridized carbons (Fsp3) is 0.278. The van der Waals surface area contributed by atoms with E-state index in [4.69, 9.17) is 0 Å². The number of nitrogens with one attached hydrogen (secondary N) is 1. The van der Waals surface area contributed by atoms with E-state index in [0.717, 1.165) is 15.9 Å². The van der Waals surface area contributed by atoms with Gasteiger partial charge in [0.25, 0.3) is 5.69 Å². The number of carbonyl (C=O) groups is 1. The summed E-state index contributed by atoms with van der Waals surface area (Å²) in [7, 11) is -4.21. The molecule has 1 amide bonds. The molecule has 0 aliphatic carbocycles. The number of hydrogen-bond donors (Lipinski definition) is 1. The Morgan fingerprint density at radius 3 is 2.41 bits per heavy atom. The van der Waals surface area contributed by atoms with Crippen LogP contribution in [0.25, 0.3) is 0 Å². The van der Waals surface area contributed by atoms with Gasteiger partial charge in [0.05, 0.1) is 11.5 Å². The Hall–Kier alpha value is -2.78. The van der Waals surface area contributed by atoms with E-state index in [1.54, 1.807) is 19.1 Å². The van der Waals surface area contributed by atoms with Gasteiger partial charge < -0.3 is 5.32 Å². The molecule has 27 heavy (non-hydrogen) atoms. The minimum Gasteiger partial charge on any atom is -0.325 e. The standard InChI is InChI=1S/C18H21N3O5S/c1-3-12-20(13-18(22)19-15-9-5-4-8-14(15)2)27(25,26)17-11-7-6-10-16(17)21(23)24/h4-11H,3,12-13H2,1-2H3,(H,19,22). The third-order valence-electron chi connectivity index (χ3n) is 3.89. The van der Waals surface area contributed by atoms with E-state index in [9.17, 15) is 23.3 Å². The zero-order valence-corrected chi connectivity index (χ0v) is 15.9. The average molecular weight is 391 g/mol. The number of anilines is 1. The van der Waals surface area contributed by atoms with Crippen LogP contribution in [0.15, 0.2) is 53.4 Å². The van der Waals surface area contributed by atoms with Crippen LogP contribution in [0, 0.1) is 17.0 Å². The second kappa shape index (κ2) is 8.74. The van der Waals surface area contributed by atoms with E-state index in [1.165, 1.54) is 18.2 Å². The fourth-order valence-corrected chi connectivity index (χ4v) is 4.21. The number of nitrogens with zero attached hydrogens (tertiary/aromatic N) is 2. The lowest BCUT2D eigenvalue weighted by molar-refractivity contribution is -0.387. The van der Waals surface area contributed by atoms with Crippen molar-refractivity contribution in [1.29, 1.82) is 0 Å². The van der Waals surface area contributed by atoms with Crippen LogP contribution in [0.3, 0.4) is 0 Å². The molecule has 0 heterocycles. The number of nitro benzene ring substituents is 1. The van der Waals surface area contributed by atoms with Crippen LogP contribution in [0.1, 0.15) is 18.9 Å². The Labute approximate surface area is 158 Å². The zero-order valence-electron chi connectivity index (χ0n) is 15.1. The van der Waals surface area contributed by atoms with Crippen LogP contribution in [0.5, 0.6) is 0 Å². The largest absolute Gasteiger partial charge is 0.325 e. The van der Waals surface area contributed by atoms with Crippen molar-refractivity contribution >= 4 is 27.3 Å². The van der Waals surface area contributed by atoms with E-state index in [0.29, 0.717) is 12.1 Å². The van der Waals surface area contributed by atoms with Crippen molar-refractivity contribution in [2.75, 3.05) is 18.4 Å². The molecular weight excluding hydrogens is 370 g/mol. The maximum absolute atomic E-state index is 12.9. The summed E-state index contributed by atoms with van der Waals surface area (Å²) in [5.74, 6) is -0.514. The maximum Gasteiger partial charge on any atom is 0.289 e. The minimum absolute atomic E-state index is 0.0651. The first-order valence-electron chi connectivity index (χ1n) is 8.36. The van der Waals surface area contributed by atoms with Crippen molar-refractivity contribution in [3.8, 4) is 0 Å². The number of sulfonamides is 1. The average Bonchev–Trinajstić information content (AvgIpc) is 2.63. The fourth-order valence-electron chi connectivity index (χ4n) is 2.56. The third-order valence-corrected chi connectivity index (χ3v) is 5.78. The number of aryl methyl sites for hydroxylation is 1. The molecule has 0 saturated carbocycles. The minimum atomic E-state index is -4.21. The van der Waals surface area contributed by atoms with Crippen LogP contribution in [-0.2, 0) is 14.8 Å². The van der Waals surface area contributed by atoms with Gasteiger partial charge in [-0.15, -0.1) is 0 Å². The third kappa shape index (κ3) is 4.89. The molecule has 0 radical (unpaired) electrons. The summed E-state index contributed by atoms with van der Waals surface area (Å²) < 4.78 is 26.8. The molecule has 0 bridgehead atoms. The molecule has 0 aliphatic heterocycles. The van der Waals surface area contributed by atoms with Gasteiger partial charge in [-0.05, 0) is 31.0 Å². The van der Waals surface area contributed by atoms with Crippen LogP contribution in [0.2, 0.25) is 0 Å². The van der Waals surface area contributed by atoms with Crippen molar-refractivity contribution in [3.63, 3.8) is 0 Å². The topological polar surface area (TPSA) is 110 Å². The second-order valence-corrected chi connectivity index (χ2v) is 7.83. The molecule has 0 aliphatic rings. The van der Waals surface area contributed by atoms with Gasteiger partial charge in [-0.25, -0.2) is 8.42 Å². The molecule has 9 heteroatoms. The summed E-state index contributed by atoms with van der Waals surface area (Å²) in [5.41, 5.74) is 0.911. The van der Waals surface area contributed by atoms with Gasteiger partial charge in [-0.1, -0.05) is 37.3 Å². The summed E-state index contributed by atoms with van der Waals surface area (Å²) in [4.78, 5) is 22.4. The highest BCUT2D eigenvalue weighted by molar-refractivity contribution is 7.89.